The van der Waals surface area contributed by atoms with Crippen molar-refractivity contribution in [3.05, 3.63) is 64.2 Å². The van der Waals surface area contributed by atoms with Crippen molar-refractivity contribution in [2.24, 2.45) is 0 Å². The van der Waals surface area contributed by atoms with E-state index in [2.05, 4.69) is 13.5 Å². The number of anilines is 1. The van der Waals surface area contributed by atoms with Crippen molar-refractivity contribution in [3.63, 3.8) is 0 Å². The summed E-state index contributed by atoms with van der Waals surface area (Å²) in [5, 5.41) is 10.5. The first-order valence-electron chi connectivity index (χ1n) is 7.35. The zero-order valence-corrected chi connectivity index (χ0v) is 14.1. The second-order valence-corrected chi connectivity index (χ2v) is 4.75. The van der Waals surface area contributed by atoms with Crippen molar-refractivity contribution in [1.82, 2.24) is 0 Å². The van der Waals surface area contributed by atoms with Gasteiger partial charge in [-0.2, -0.15) is 0 Å². The zero-order chi connectivity index (χ0) is 18.1. The van der Waals surface area contributed by atoms with Crippen LogP contribution in [0.4, 0.5) is 11.4 Å². The standard InChI is InChI=1S/C9H9NO3.C9H13NO/c1-3-7-5-4-6-8(10(11)12)9(7)13-2;1-3-7-5-4-6-8(10)9(7)11-2/h3-6H,1H2,2H3;4-6H,3,10H2,1-2H3. The van der Waals surface area contributed by atoms with Crippen LogP contribution in [0.15, 0.2) is 43.0 Å². The highest BCUT2D eigenvalue weighted by atomic mass is 16.6. The molecule has 6 nitrogen and oxygen atoms in total. The van der Waals surface area contributed by atoms with Gasteiger partial charge in [0.2, 0.25) is 5.75 Å². The van der Waals surface area contributed by atoms with Gasteiger partial charge in [-0.1, -0.05) is 43.8 Å². The fourth-order valence-electron chi connectivity index (χ4n) is 2.20. The van der Waals surface area contributed by atoms with Crippen molar-refractivity contribution < 1.29 is 14.4 Å². The average Bonchev–Trinajstić information content (AvgIpc) is 2.60. The number of hydrogen-bond donors (Lipinski definition) is 1. The molecule has 2 rings (SSSR count). The van der Waals surface area contributed by atoms with Gasteiger partial charge in [-0.05, 0) is 18.1 Å². The molecule has 0 saturated carbocycles. The largest absolute Gasteiger partial charge is 0.494 e. The number of benzene rings is 2. The van der Waals surface area contributed by atoms with Gasteiger partial charge >= 0.3 is 5.69 Å². The lowest BCUT2D eigenvalue weighted by atomic mass is 10.1. The quantitative estimate of drug-likeness (QED) is 0.507. The molecule has 0 saturated heterocycles. The van der Waals surface area contributed by atoms with Crippen molar-refractivity contribution in [2.75, 3.05) is 20.0 Å². The summed E-state index contributed by atoms with van der Waals surface area (Å²) in [6, 6.07) is 10.5. The molecular weight excluding hydrogens is 308 g/mol. The molecule has 6 heteroatoms. The molecule has 2 aromatic carbocycles. The molecule has 0 fully saturated rings. The van der Waals surface area contributed by atoms with Crippen LogP contribution in [0, 0.1) is 10.1 Å². The number of nitrogens with zero attached hydrogens (tertiary/aromatic N) is 1. The maximum Gasteiger partial charge on any atom is 0.311 e. The van der Waals surface area contributed by atoms with E-state index in [1.165, 1.54) is 19.3 Å². The highest BCUT2D eigenvalue weighted by molar-refractivity contribution is 5.63. The SMILES string of the molecule is C=Cc1cccc([N+](=O)[O-])c1OC.CCc1cccc(N)c1OC. The average molecular weight is 330 g/mol. The van der Waals surface area contributed by atoms with E-state index in [9.17, 15) is 10.1 Å². The molecule has 128 valence electrons. The molecule has 0 amide bonds. The van der Waals surface area contributed by atoms with Gasteiger partial charge in [-0.25, -0.2) is 0 Å². The van der Waals surface area contributed by atoms with Gasteiger partial charge in [0.25, 0.3) is 0 Å². The van der Waals surface area contributed by atoms with Crippen LogP contribution in [0.5, 0.6) is 11.5 Å². The molecule has 0 unspecified atom stereocenters. The predicted octanol–water partition coefficient (Wildman–Crippen LogP) is 4.09. The first kappa shape index (κ1) is 19.0. The molecule has 0 aromatic heterocycles. The smallest absolute Gasteiger partial charge is 0.311 e. The second kappa shape index (κ2) is 9.19. The molecule has 0 aliphatic rings. The van der Waals surface area contributed by atoms with E-state index in [1.54, 1.807) is 19.2 Å². The predicted molar refractivity (Wildman–Crippen MR) is 96.5 cm³/mol. The normalized spacial score (nSPS) is 9.46. The van der Waals surface area contributed by atoms with Gasteiger partial charge in [0.15, 0.2) is 0 Å². The number of nitrogen functional groups attached to an aromatic ring is 1. The van der Waals surface area contributed by atoms with E-state index in [0.717, 1.165) is 17.7 Å². The number of hydrogen-bond acceptors (Lipinski definition) is 5. The van der Waals surface area contributed by atoms with E-state index in [4.69, 9.17) is 15.2 Å². The lowest BCUT2D eigenvalue weighted by Gasteiger charge is -2.08. The molecule has 0 heterocycles. The molecule has 0 aliphatic heterocycles. The van der Waals surface area contributed by atoms with Crippen LogP contribution in [-0.2, 0) is 6.42 Å². The molecular formula is C18H22N2O4. The molecule has 0 radical (unpaired) electrons. The summed E-state index contributed by atoms with van der Waals surface area (Å²) in [5.74, 6) is 1.07. The zero-order valence-electron chi connectivity index (χ0n) is 14.1. The lowest BCUT2D eigenvalue weighted by molar-refractivity contribution is -0.385. The summed E-state index contributed by atoms with van der Waals surface area (Å²) < 4.78 is 10.1. The summed E-state index contributed by atoms with van der Waals surface area (Å²) in [4.78, 5) is 10.1. The van der Waals surface area contributed by atoms with Crippen molar-refractivity contribution in [3.8, 4) is 11.5 Å². The number of rotatable bonds is 5. The van der Waals surface area contributed by atoms with E-state index in [1.807, 2.05) is 18.2 Å². The number of methoxy groups -OCH3 is 2. The summed E-state index contributed by atoms with van der Waals surface area (Å²) in [6.45, 7) is 5.62. The number of nitro benzene ring substituents is 1. The highest BCUT2D eigenvalue weighted by Gasteiger charge is 2.15. The maximum atomic E-state index is 10.5. The third-order valence-corrected chi connectivity index (χ3v) is 3.36. The van der Waals surface area contributed by atoms with Crippen LogP contribution in [0.1, 0.15) is 18.1 Å². The number of para-hydroxylation sites is 2. The molecule has 0 bridgehead atoms. The van der Waals surface area contributed by atoms with Crippen LogP contribution in [0.3, 0.4) is 0 Å². The Bertz CT molecular complexity index is 714. The number of ether oxygens (including phenoxy) is 2. The molecule has 24 heavy (non-hydrogen) atoms. The second-order valence-electron chi connectivity index (χ2n) is 4.75. The van der Waals surface area contributed by atoms with Crippen LogP contribution < -0.4 is 15.2 Å². The summed E-state index contributed by atoms with van der Waals surface area (Å²) in [5.41, 5.74) is 8.14. The number of nitro groups is 1. The maximum absolute atomic E-state index is 10.5. The minimum Gasteiger partial charge on any atom is -0.494 e. The Hall–Kier alpha value is -3.02. The fraction of sp³-hybridized carbons (Fsp3) is 0.222. The number of aryl methyl sites for hydroxylation is 1. The van der Waals surface area contributed by atoms with Crippen molar-refractivity contribution in [2.45, 2.75) is 13.3 Å². The van der Waals surface area contributed by atoms with Gasteiger partial charge in [0.1, 0.15) is 5.75 Å². The molecule has 2 aromatic rings. The van der Waals surface area contributed by atoms with Crippen LogP contribution in [0.2, 0.25) is 0 Å². The van der Waals surface area contributed by atoms with Crippen LogP contribution >= 0.6 is 0 Å². The Morgan fingerprint density at radius 1 is 1.17 bits per heavy atom. The first-order chi connectivity index (χ1) is 11.5. The Kier molecular flexibility index (Phi) is 7.29. The topological polar surface area (TPSA) is 87.6 Å². The van der Waals surface area contributed by atoms with E-state index in [-0.39, 0.29) is 11.4 Å². The Balaban J connectivity index is 0.000000243. The Morgan fingerprint density at radius 3 is 2.25 bits per heavy atom. The van der Waals surface area contributed by atoms with E-state index >= 15 is 0 Å². The summed E-state index contributed by atoms with van der Waals surface area (Å²) in [7, 11) is 3.04. The minimum absolute atomic E-state index is 0.0418. The van der Waals surface area contributed by atoms with Crippen molar-refractivity contribution in [1.29, 1.82) is 0 Å². The minimum atomic E-state index is -0.480. The first-order valence-corrected chi connectivity index (χ1v) is 7.35. The third-order valence-electron chi connectivity index (χ3n) is 3.36. The summed E-state index contributed by atoms with van der Waals surface area (Å²) >= 11 is 0. The number of nitrogens with two attached hydrogens (primary N) is 1. The van der Waals surface area contributed by atoms with Crippen LogP contribution in [-0.4, -0.2) is 19.1 Å². The summed E-state index contributed by atoms with van der Waals surface area (Å²) in [6.07, 6.45) is 2.47. The monoisotopic (exact) mass is 330 g/mol. The van der Waals surface area contributed by atoms with Gasteiger partial charge in [0.05, 0.1) is 24.8 Å². The van der Waals surface area contributed by atoms with Crippen LogP contribution in [0.25, 0.3) is 6.08 Å². The molecule has 0 spiro atoms. The molecule has 0 aliphatic carbocycles. The molecule has 2 N–H and O–H groups in total. The van der Waals surface area contributed by atoms with E-state index < -0.39 is 4.92 Å². The lowest BCUT2D eigenvalue weighted by Crippen LogP contribution is -1.95. The van der Waals surface area contributed by atoms with Gasteiger partial charge < -0.3 is 15.2 Å². The Morgan fingerprint density at radius 2 is 1.79 bits per heavy atom. The third kappa shape index (κ3) is 4.49. The van der Waals surface area contributed by atoms with E-state index in [0.29, 0.717) is 11.3 Å². The van der Waals surface area contributed by atoms with Crippen molar-refractivity contribution >= 4 is 17.5 Å². The van der Waals surface area contributed by atoms with Gasteiger partial charge in [-0.15, -0.1) is 0 Å². The molecule has 0 atom stereocenters. The van der Waals surface area contributed by atoms with Gasteiger partial charge in [0, 0.05) is 11.6 Å². The Labute approximate surface area is 141 Å². The van der Waals surface area contributed by atoms with Gasteiger partial charge in [-0.3, -0.25) is 10.1 Å². The highest BCUT2D eigenvalue weighted by Crippen LogP contribution is 2.30. The fourth-order valence-corrected chi connectivity index (χ4v) is 2.20.